The van der Waals surface area contributed by atoms with Crippen molar-refractivity contribution >= 4 is 0 Å². The van der Waals surface area contributed by atoms with E-state index < -0.39 is 11.8 Å². The van der Waals surface area contributed by atoms with E-state index in [1.807, 2.05) is 13.0 Å². The molecule has 0 aliphatic heterocycles. The van der Waals surface area contributed by atoms with Crippen LogP contribution in [0.1, 0.15) is 41.9 Å². The molecule has 2 aromatic heterocycles. The topological polar surface area (TPSA) is 56.7 Å². The van der Waals surface area contributed by atoms with Gasteiger partial charge in [0.25, 0.3) is 12.3 Å². The van der Waals surface area contributed by atoms with Crippen molar-refractivity contribution in [2.45, 2.75) is 31.6 Å². The Kier molecular flexibility index (Phi) is 3.45. The maximum absolute atomic E-state index is 14.4. The number of halogens is 3. The Labute approximate surface area is 141 Å². The van der Waals surface area contributed by atoms with Crippen molar-refractivity contribution in [2.75, 3.05) is 0 Å². The third-order valence-electron chi connectivity index (χ3n) is 4.66. The van der Waals surface area contributed by atoms with Gasteiger partial charge in [-0.05, 0) is 37.5 Å². The molecule has 0 radical (unpaired) electrons. The van der Waals surface area contributed by atoms with Crippen LogP contribution in [-0.2, 0) is 12.5 Å². The zero-order chi connectivity index (χ0) is 17.8. The number of hydrogen-bond acceptors (Lipinski definition) is 4. The number of aryl methyl sites for hydroxylation is 2. The molecular weight excluding hydrogens is 333 g/mol. The van der Waals surface area contributed by atoms with Crippen LogP contribution < -0.4 is 0 Å². The average molecular weight is 348 g/mol. The highest BCUT2D eigenvalue weighted by atomic mass is 19.3. The van der Waals surface area contributed by atoms with Gasteiger partial charge >= 0.3 is 0 Å². The predicted octanol–water partition coefficient (Wildman–Crippen LogP) is 3.94. The van der Waals surface area contributed by atoms with Crippen molar-refractivity contribution in [3.8, 4) is 11.6 Å². The molecule has 0 bridgehead atoms. The quantitative estimate of drug-likeness (QED) is 0.717. The van der Waals surface area contributed by atoms with Gasteiger partial charge in [-0.3, -0.25) is 4.68 Å². The Hall–Kier alpha value is -2.64. The molecular formula is C17H15F3N4O. The maximum atomic E-state index is 14.4. The van der Waals surface area contributed by atoms with Crippen LogP contribution in [0.2, 0.25) is 0 Å². The molecule has 0 saturated heterocycles. The van der Waals surface area contributed by atoms with E-state index >= 15 is 0 Å². The normalized spacial score (nSPS) is 15.8. The van der Waals surface area contributed by atoms with Crippen LogP contribution in [0.5, 0.6) is 0 Å². The highest BCUT2D eigenvalue weighted by molar-refractivity contribution is 5.50. The fourth-order valence-corrected chi connectivity index (χ4v) is 3.26. The zero-order valence-corrected chi connectivity index (χ0v) is 13.6. The molecule has 1 aliphatic carbocycles. The van der Waals surface area contributed by atoms with E-state index in [4.69, 9.17) is 4.52 Å². The second-order valence-corrected chi connectivity index (χ2v) is 6.32. The number of aromatic nitrogens is 4. The third-order valence-corrected chi connectivity index (χ3v) is 4.66. The van der Waals surface area contributed by atoms with Gasteiger partial charge in [-0.2, -0.15) is 10.1 Å². The Bertz CT molecular complexity index is 923. The molecule has 0 N–H and O–H groups in total. The molecule has 1 saturated carbocycles. The van der Waals surface area contributed by atoms with Crippen LogP contribution in [0.15, 0.2) is 28.8 Å². The number of hydrogen-bond donors (Lipinski definition) is 0. The molecule has 5 nitrogen and oxygen atoms in total. The lowest BCUT2D eigenvalue weighted by atomic mass is 9.90. The molecule has 25 heavy (non-hydrogen) atoms. The lowest BCUT2D eigenvalue weighted by molar-refractivity contribution is 0.141. The van der Waals surface area contributed by atoms with Crippen molar-refractivity contribution in [2.24, 2.45) is 7.05 Å². The van der Waals surface area contributed by atoms with Crippen molar-refractivity contribution in [1.82, 2.24) is 19.9 Å². The average Bonchev–Trinajstić information content (AvgIpc) is 3.02. The smallest absolute Gasteiger partial charge is 0.280 e. The molecule has 130 valence electrons. The largest absolute Gasteiger partial charge is 0.332 e. The first kappa shape index (κ1) is 15.9. The lowest BCUT2D eigenvalue weighted by Crippen LogP contribution is -2.15. The van der Waals surface area contributed by atoms with Crippen LogP contribution in [0.25, 0.3) is 11.6 Å². The summed E-state index contributed by atoms with van der Waals surface area (Å²) in [6, 6.07) is 6.13. The number of benzene rings is 1. The number of nitrogens with zero attached hydrogens (tertiary/aromatic N) is 4. The maximum Gasteiger partial charge on any atom is 0.280 e. The molecule has 0 amide bonds. The van der Waals surface area contributed by atoms with Crippen molar-refractivity contribution < 1.29 is 17.7 Å². The first-order chi connectivity index (χ1) is 11.9. The monoisotopic (exact) mass is 348 g/mol. The lowest BCUT2D eigenvalue weighted by Gasteiger charge is -2.15. The Balaban J connectivity index is 1.74. The summed E-state index contributed by atoms with van der Waals surface area (Å²) in [5.74, 6) is 0.111. The number of rotatable bonds is 4. The minimum absolute atomic E-state index is 0.0535. The number of alkyl halides is 2. The molecule has 4 rings (SSSR count). The Morgan fingerprint density at radius 3 is 2.64 bits per heavy atom. The molecule has 8 heteroatoms. The fourth-order valence-electron chi connectivity index (χ4n) is 3.26. The summed E-state index contributed by atoms with van der Waals surface area (Å²) in [5.41, 5.74) is 0.717. The van der Waals surface area contributed by atoms with E-state index in [9.17, 15) is 13.2 Å². The van der Waals surface area contributed by atoms with Gasteiger partial charge in [0.15, 0.2) is 11.5 Å². The SMILES string of the molecule is Cc1cccc(F)c1C1(c2noc(-c3cc(C(F)F)n(C)n3)n2)CC1. The van der Waals surface area contributed by atoms with Crippen molar-refractivity contribution in [3.05, 3.63) is 52.7 Å². The van der Waals surface area contributed by atoms with Gasteiger partial charge in [-0.1, -0.05) is 17.3 Å². The molecule has 0 spiro atoms. The first-order valence-electron chi connectivity index (χ1n) is 7.84. The highest BCUT2D eigenvalue weighted by Gasteiger charge is 2.52. The van der Waals surface area contributed by atoms with E-state index in [1.54, 1.807) is 6.07 Å². The van der Waals surface area contributed by atoms with Crippen LogP contribution in [-0.4, -0.2) is 19.9 Å². The molecule has 1 aliphatic rings. The van der Waals surface area contributed by atoms with E-state index in [0.29, 0.717) is 24.2 Å². The fraction of sp³-hybridized carbons (Fsp3) is 0.353. The minimum atomic E-state index is -2.65. The van der Waals surface area contributed by atoms with Crippen LogP contribution in [0.3, 0.4) is 0 Å². The van der Waals surface area contributed by atoms with E-state index in [1.165, 1.54) is 19.2 Å². The Morgan fingerprint density at radius 2 is 2.04 bits per heavy atom. The van der Waals surface area contributed by atoms with Crippen LogP contribution >= 0.6 is 0 Å². The minimum Gasteiger partial charge on any atom is -0.332 e. The molecule has 2 heterocycles. The third kappa shape index (κ3) is 2.43. The summed E-state index contributed by atoms with van der Waals surface area (Å²) >= 11 is 0. The molecule has 1 aromatic carbocycles. The second kappa shape index (κ2) is 5.44. The van der Waals surface area contributed by atoms with Crippen LogP contribution in [0, 0.1) is 12.7 Å². The summed E-state index contributed by atoms with van der Waals surface area (Å²) in [7, 11) is 1.42. The zero-order valence-electron chi connectivity index (χ0n) is 13.6. The molecule has 3 aromatic rings. The summed E-state index contributed by atoms with van der Waals surface area (Å²) in [6.45, 7) is 1.84. The van der Waals surface area contributed by atoms with Crippen molar-refractivity contribution in [1.29, 1.82) is 0 Å². The van der Waals surface area contributed by atoms with Gasteiger partial charge in [0.1, 0.15) is 11.5 Å². The summed E-state index contributed by atoms with van der Waals surface area (Å²) in [4.78, 5) is 4.32. The van der Waals surface area contributed by atoms with E-state index in [-0.39, 0.29) is 23.1 Å². The molecule has 0 atom stereocenters. The van der Waals surface area contributed by atoms with Gasteiger partial charge in [0, 0.05) is 12.6 Å². The molecule has 0 unspecified atom stereocenters. The van der Waals surface area contributed by atoms with Crippen molar-refractivity contribution in [3.63, 3.8) is 0 Å². The van der Waals surface area contributed by atoms with Gasteiger partial charge in [-0.15, -0.1) is 0 Å². The first-order valence-corrected chi connectivity index (χ1v) is 7.84. The van der Waals surface area contributed by atoms with Gasteiger partial charge in [-0.25, -0.2) is 13.2 Å². The predicted molar refractivity (Wildman–Crippen MR) is 82.6 cm³/mol. The molecule has 1 fully saturated rings. The highest BCUT2D eigenvalue weighted by Crippen LogP contribution is 2.54. The van der Waals surface area contributed by atoms with E-state index in [2.05, 4.69) is 15.2 Å². The van der Waals surface area contributed by atoms with Gasteiger partial charge < -0.3 is 4.52 Å². The summed E-state index contributed by atoms with van der Waals surface area (Å²) in [6.07, 6.45) is -1.24. The van der Waals surface area contributed by atoms with Gasteiger partial charge in [0.05, 0.1) is 5.41 Å². The summed E-state index contributed by atoms with van der Waals surface area (Å²) < 4.78 is 46.5. The standard InChI is InChI=1S/C17H15F3N4O/c1-9-4-3-5-10(18)13(9)17(6-7-17)16-21-15(25-23-16)11-8-12(14(19)20)24(2)22-11/h3-5,8,14H,6-7H2,1-2H3. The van der Waals surface area contributed by atoms with Crippen LogP contribution in [0.4, 0.5) is 13.2 Å². The Morgan fingerprint density at radius 1 is 1.28 bits per heavy atom. The summed E-state index contributed by atoms with van der Waals surface area (Å²) in [5, 5.41) is 7.97. The second-order valence-electron chi connectivity index (χ2n) is 6.32. The van der Waals surface area contributed by atoms with E-state index in [0.717, 1.165) is 10.2 Å². The van der Waals surface area contributed by atoms with Gasteiger partial charge in [0.2, 0.25) is 0 Å².